The van der Waals surface area contributed by atoms with Gasteiger partial charge < -0.3 is 10.1 Å². The molecule has 104 valence electrons. The molecular weight excluding hydrogens is 318 g/mol. The molecule has 1 N–H and O–H groups in total. The van der Waals surface area contributed by atoms with E-state index >= 15 is 0 Å². The normalized spacial score (nSPS) is 10.1. The molecule has 0 aliphatic carbocycles. The van der Waals surface area contributed by atoms with E-state index < -0.39 is 0 Å². The molecule has 0 saturated carbocycles. The van der Waals surface area contributed by atoms with Crippen LogP contribution < -0.4 is 10.1 Å². The van der Waals surface area contributed by atoms with Crippen molar-refractivity contribution in [3.8, 4) is 5.75 Å². The second-order valence-electron chi connectivity index (χ2n) is 4.37. The second-order valence-corrected chi connectivity index (χ2v) is 4.93. The summed E-state index contributed by atoms with van der Waals surface area (Å²) in [5, 5.41) is 3.67. The fraction of sp³-hybridized carbons (Fsp3) is 0.188. The van der Waals surface area contributed by atoms with E-state index in [1.165, 1.54) is 0 Å². The molecule has 0 bridgehead atoms. The number of amides is 1. The Balaban J connectivity index is 2.05. The van der Waals surface area contributed by atoms with Gasteiger partial charge in [-0.05, 0) is 23.8 Å². The summed E-state index contributed by atoms with van der Waals surface area (Å²) >= 11 is 3.40. The quantitative estimate of drug-likeness (QED) is 0.846. The van der Waals surface area contributed by atoms with Crippen LogP contribution in [-0.4, -0.2) is 13.0 Å². The summed E-state index contributed by atoms with van der Waals surface area (Å²) in [4.78, 5) is 12.1. The minimum atomic E-state index is -0.0544. The molecule has 0 heterocycles. The molecule has 20 heavy (non-hydrogen) atoms. The van der Waals surface area contributed by atoms with Gasteiger partial charge in [0.2, 0.25) is 5.91 Å². The van der Waals surface area contributed by atoms with Crippen LogP contribution in [0.1, 0.15) is 11.1 Å². The number of benzene rings is 2. The van der Waals surface area contributed by atoms with Gasteiger partial charge in [-0.3, -0.25) is 4.79 Å². The number of anilines is 1. The number of nitrogens with one attached hydrogen (secondary N) is 1. The number of methoxy groups -OCH3 is 1. The number of alkyl halides is 1. The lowest BCUT2D eigenvalue weighted by molar-refractivity contribution is -0.115. The van der Waals surface area contributed by atoms with Gasteiger partial charge >= 0.3 is 0 Å². The zero-order chi connectivity index (χ0) is 14.4. The first-order chi connectivity index (χ1) is 9.72. The summed E-state index contributed by atoms with van der Waals surface area (Å²) in [5.41, 5.74) is 2.81. The first-order valence-electron chi connectivity index (χ1n) is 6.29. The van der Waals surface area contributed by atoms with E-state index in [4.69, 9.17) is 4.74 Å². The zero-order valence-electron chi connectivity index (χ0n) is 11.2. The Labute approximate surface area is 127 Å². The Morgan fingerprint density at radius 1 is 1.20 bits per heavy atom. The molecule has 0 radical (unpaired) electrons. The number of rotatable bonds is 5. The zero-order valence-corrected chi connectivity index (χ0v) is 12.8. The third-order valence-corrected chi connectivity index (χ3v) is 3.56. The van der Waals surface area contributed by atoms with Crippen molar-refractivity contribution in [3.05, 3.63) is 59.7 Å². The van der Waals surface area contributed by atoms with Gasteiger partial charge in [0.1, 0.15) is 5.75 Å². The number of hydrogen-bond donors (Lipinski definition) is 1. The summed E-state index contributed by atoms with van der Waals surface area (Å²) in [6.45, 7) is 0. The maximum absolute atomic E-state index is 12.1. The molecule has 0 aromatic heterocycles. The van der Waals surface area contributed by atoms with Gasteiger partial charge in [0.05, 0.1) is 13.5 Å². The van der Waals surface area contributed by atoms with Gasteiger partial charge in [-0.15, -0.1) is 0 Å². The van der Waals surface area contributed by atoms with Crippen LogP contribution in [0.25, 0.3) is 0 Å². The van der Waals surface area contributed by atoms with Crippen molar-refractivity contribution in [1.82, 2.24) is 0 Å². The SMILES string of the molecule is COc1ccccc1CC(=O)Nc1cccc(CBr)c1. The minimum Gasteiger partial charge on any atom is -0.496 e. The van der Waals surface area contributed by atoms with Crippen molar-refractivity contribution in [2.75, 3.05) is 12.4 Å². The van der Waals surface area contributed by atoms with Crippen LogP contribution in [0.3, 0.4) is 0 Å². The summed E-state index contributed by atoms with van der Waals surface area (Å²) in [5.74, 6) is 0.679. The third-order valence-electron chi connectivity index (χ3n) is 2.91. The highest BCUT2D eigenvalue weighted by Crippen LogP contribution is 2.19. The Hall–Kier alpha value is -1.81. The van der Waals surface area contributed by atoms with E-state index in [2.05, 4.69) is 21.2 Å². The molecule has 3 nitrogen and oxygen atoms in total. The molecule has 0 unspecified atom stereocenters. The highest BCUT2D eigenvalue weighted by molar-refractivity contribution is 9.08. The Kier molecular flexibility index (Phi) is 5.18. The van der Waals surface area contributed by atoms with Crippen LogP contribution in [-0.2, 0) is 16.5 Å². The lowest BCUT2D eigenvalue weighted by Gasteiger charge is -2.09. The van der Waals surface area contributed by atoms with E-state index in [9.17, 15) is 4.79 Å². The van der Waals surface area contributed by atoms with E-state index in [0.717, 1.165) is 27.9 Å². The highest BCUT2D eigenvalue weighted by Gasteiger charge is 2.08. The van der Waals surface area contributed by atoms with Gasteiger partial charge in [-0.25, -0.2) is 0 Å². The maximum Gasteiger partial charge on any atom is 0.228 e. The first-order valence-corrected chi connectivity index (χ1v) is 7.41. The van der Waals surface area contributed by atoms with E-state index in [-0.39, 0.29) is 5.91 Å². The number of carbonyl (C=O) groups is 1. The second kappa shape index (κ2) is 7.10. The van der Waals surface area contributed by atoms with Gasteiger partial charge in [-0.1, -0.05) is 46.3 Å². The minimum absolute atomic E-state index is 0.0544. The third kappa shape index (κ3) is 3.84. The molecule has 2 rings (SSSR count). The van der Waals surface area contributed by atoms with Gasteiger partial charge in [0.15, 0.2) is 0 Å². The van der Waals surface area contributed by atoms with Gasteiger partial charge in [-0.2, -0.15) is 0 Å². The standard InChI is InChI=1S/C16H16BrNO2/c1-20-15-8-3-2-6-13(15)10-16(19)18-14-7-4-5-12(9-14)11-17/h2-9H,10-11H2,1H3,(H,18,19). The largest absolute Gasteiger partial charge is 0.496 e. The molecule has 0 aliphatic rings. The van der Waals surface area contributed by atoms with Crippen molar-refractivity contribution in [2.45, 2.75) is 11.8 Å². The number of carbonyl (C=O) groups excluding carboxylic acids is 1. The first kappa shape index (κ1) is 14.6. The maximum atomic E-state index is 12.1. The van der Waals surface area contributed by atoms with Crippen molar-refractivity contribution in [1.29, 1.82) is 0 Å². The van der Waals surface area contributed by atoms with Gasteiger partial charge in [0.25, 0.3) is 0 Å². The monoisotopic (exact) mass is 333 g/mol. The van der Waals surface area contributed by atoms with Crippen LogP contribution >= 0.6 is 15.9 Å². The summed E-state index contributed by atoms with van der Waals surface area (Å²) in [7, 11) is 1.61. The van der Waals surface area contributed by atoms with Crippen LogP contribution in [0.15, 0.2) is 48.5 Å². The van der Waals surface area contributed by atoms with E-state index in [0.29, 0.717) is 6.42 Å². The summed E-state index contributed by atoms with van der Waals surface area (Å²) in [6, 6.07) is 15.3. The fourth-order valence-electron chi connectivity index (χ4n) is 1.96. The van der Waals surface area contributed by atoms with Gasteiger partial charge in [0, 0.05) is 16.6 Å². The molecule has 0 atom stereocenters. The average molecular weight is 334 g/mol. The fourth-order valence-corrected chi connectivity index (χ4v) is 2.31. The van der Waals surface area contributed by atoms with Crippen LogP contribution in [0.2, 0.25) is 0 Å². The summed E-state index contributed by atoms with van der Waals surface area (Å²) in [6.07, 6.45) is 0.294. The molecule has 0 fully saturated rings. The highest BCUT2D eigenvalue weighted by atomic mass is 79.9. The van der Waals surface area contributed by atoms with Crippen LogP contribution in [0.4, 0.5) is 5.69 Å². The van der Waals surface area contributed by atoms with Crippen LogP contribution in [0.5, 0.6) is 5.75 Å². The van der Waals surface area contributed by atoms with Crippen molar-refractivity contribution in [2.24, 2.45) is 0 Å². The molecular formula is C16H16BrNO2. The average Bonchev–Trinajstić information content (AvgIpc) is 2.48. The van der Waals surface area contributed by atoms with Crippen LogP contribution in [0, 0.1) is 0 Å². The number of para-hydroxylation sites is 1. The lowest BCUT2D eigenvalue weighted by atomic mass is 10.1. The topological polar surface area (TPSA) is 38.3 Å². The van der Waals surface area contributed by atoms with Crippen molar-refractivity contribution < 1.29 is 9.53 Å². The number of hydrogen-bond acceptors (Lipinski definition) is 2. The molecule has 4 heteroatoms. The molecule has 0 saturated heterocycles. The predicted octanol–water partition coefficient (Wildman–Crippen LogP) is 3.77. The van der Waals surface area contributed by atoms with E-state index in [1.54, 1.807) is 7.11 Å². The molecule has 0 spiro atoms. The van der Waals surface area contributed by atoms with E-state index in [1.807, 2.05) is 48.5 Å². The Morgan fingerprint density at radius 3 is 2.75 bits per heavy atom. The number of ether oxygens (including phenoxy) is 1. The Bertz CT molecular complexity index is 599. The predicted molar refractivity (Wildman–Crippen MR) is 84.4 cm³/mol. The molecule has 2 aromatic rings. The molecule has 1 amide bonds. The van der Waals surface area contributed by atoms with Crippen molar-refractivity contribution in [3.63, 3.8) is 0 Å². The Morgan fingerprint density at radius 2 is 2.00 bits per heavy atom. The number of halogens is 1. The van der Waals surface area contributed by atoms with Crippen molar-refractivity contribution >= 4 is 27.5 Å². The lowest BCUT2D eigenvalue weighted by Crippen LogP contribution is -2.15. The smallest absolute Gasteiger partial charge is 0.228 e. The molecule has 2 aromatic carbocycles. The summed E-state index contributed by atoms with van der Waals surface area (Å²) < 4.78 is 5.25. The molecule has 0 aliphatic heterocycles.